The number of unbranched alkanes of at least 4 members (excludes halogenated alkanes) is 1. The monoisotopic (exact) mass is 580 g/mol. The normalized spacial score (nSPS) is 15.0. The lowest BCUT2D eigenvalue weighted by Crippen LogP contribution is -2.47. The molecule has 39 heavy (non-hydrogen) atoms. The van der Waals surface area contributed by atoms with E-state index in [4.69, 9.17) is 28.9 Å². The number of likely N-dealkylation sites (tertiary alicyclic amines) is 1. The molecule has 10 nitrogen and oxygen atoms in total. The first-order valence-electron chi connectivity index (χ1n) is 13.5. The van der Waals surface area contributed by atoms with Gasteiger partial charge in [-0.3, -0.25) is 9.59 Å². The van der Waals surface area contributed by atoms with Crippen molar-refractivity contribution in [2.24, 2.45) is 4.99 Å². The van der Waals surface area contributed by atoms with Crippen molar-refractivity contribution in [3.63, 3.8) is 0 Å². The Morgan fingerprint density at radius 2 is 1.92 bits per heavy atom. The molecule has 0 bridgehead atoms. The van der Waals surface area contributed by atoms with Crippen molar-refractivity contribution in [2.75, 3.05) is 57.5 Å². The van der Waals surface area contributed by atoms with Gasteiger partial charge in [0.25, 0.3) is 11.8 Å². The number of allylic oxidation sites excluding steroid dienone is 1. The summed E-state index contributed by atoms with van der Waals surface area (Å²) in [6.07, 6.45) is 8.04. The molecular weight excluding hydrogens is 539 g/mol. The van der Waals surface area contributed by atoms with Crippen LogP contribution in [0.4, 0.5) is 11.6 Å². The van der Waals surface area contributed by atoms with Crippen LogP contribution in [0.25, 0.3) is 0 Å². The lowest BCUT2D eigenvalue weighted by molar-refractivity contribution is -0.128. The van der Waals surface area contributed by atoms with Gasteiger partial charge in [-0.1, -0.05) is 49.5 Å². The van der Waals surface area contributed by atoms with Crippen molar-refractivity contribution in [3.8, 4) is 0 Å². The summed E-state index contributed by atoms with van der Waals surface area (Å²) in [7, 11) is 3.60. The predicted molar refractivity (Wildman–Crippen MR) is 161 cm³/mol. The number of amides is 2. The van der Waals surface area contributed by atoms with E-state index in [0.29, 0.717) is 55.1 Å². The fourth-order valence-corrected chi connectivity index (χ4v) is 4.64. The van der Waals surface area contributed by atoms with Crippen molar-refractivity contribution >= 4 is 51.8 Å². The van der Waals surface area contributed by atoms with Gasteiger partial charge >= 0.3 is 0 Å². The zero-order valence-corrected chi connectivity index (χ0v) is 25.1. The molecule has 1 aliphatic heterocycles. The van der Waals surface area contributed by atoms with Crippen LogP contribution in [-0.2, 0) is 4.79 Å². The number of carbonyl (C=O) groups excluding carboxylic acids is 2. The Morgan fingerprint density at radius 3 is 2.51 bits per heavy atom. The number of nitrogens with zero attached hydrogens (tertiary/aromatic N) is 6. The van der Waals surface area contributed by atoms with E-state index < -0.39 is 5.91 Å². The Kier molecular flexibility index (Phi) is 13.7. The summed E-state index contributed by atoms with van der Waals surface area (Å²) >= 11 is 12.5. The minimum Gasteiger partial charge on any atom is -0.382 e. The first kappa shape index (κ1) is 32.5. The third-order valence-electron chi connectivity index (χ3n) is 6.78. The average Bonchev–Trinajstić information content (AvgIpc) is 2.95. The van der Waals surface area contributed by atoms with Gasteiger partial charge in [-0.2, -0.15) is 0 Å². The summed E-state index contributed by atoms with van der Waals surface area (Å²) in [6, 6.07) is 0.337. The standard InChI is InChI=1S/C27H42Cl2N8O2/c1-6-9-13-36(25-23(29)33-22(24(30)34-25)26(38)31-4)17-16-35(5)20-11-14-37(15-12-20)27(39)19(10-7-2)18-32-21(28)8-3/h7,18,20H,2,6,8-17H2,1,3-5H3,(H2,30,34)(H,31,38)/b19-18+,32-21?. The molecule has 0 spiro atoms. The van der Waals surface area contributed by atoms with Crippen LogP contribution >= 0.6 is 23.2 Å². The summed E-state index contributed by atoms with van der Waals surface area (Å²) in [5.41, 5.74) is 6.65. The number of aliphatic imine (C=N–C) groups is 1. The molecule has 1 aromatic rings. The molecule has 0 unspecified atom stereocenters. The van der Waals surface area contributed by atoms with E-state index in [1.165, 1.54) is 7.05 Å². The molecule has 0 atom stereocenters. The second kappa shape index (κ2) is 16.4. The summed E-state index contributed by atoms with van der Waals surface area (Å²) in [5, 5.41) is 3.12. The molecule has 0 saturated carbocycles. The Morgan fingerprint density at radius 1 is 1.23 bits per heavy atom. The van der Waals surface area contributed by atoms with Gasteiger partial charge in [-0.15, -0.1) is 6.58 Å². The second-order valence-electron chi connectivity index (χ2n) is 9.50. The van der Waals surface area contributed by atoms with Gasteiger partial charge in [0.15, 0.2) is 22.5 Å². The molecule has 0 aliphatic carbocycles. The topological polar surface area (TPSA) is 120 Å². The summed E-state index contributed by atoms with van der Waals surface area (Å²) in [6.45, 7) is 11.3. The molecule has 2 heterocycles. The van der Waals surface area contributed by atoms with E-state index in [9.17, 15) is 9.59 Å². The maximum atomic E-state index is 13.1. The van der Waals surface area contributed by atoms with Gasteiger partial charge in [0, 0.05) is 57.6 Å². The van der Waals surface area contributed by atoms with Crippen molar-refractivity contribution in [2.45, 2.75) is 58.4 Å². The molecule has 3 N–H and O–H groups in total. The first-order valence-corrected chi connectivity index (χ1v) is 14.2. The fourth-order valence-electron chi connectivity index (χ4n) is 4.34. The van der Waals surface area contributed by atoms with E-state index in [1.807, 2.05) is 11.8 Å². The SMILES string of the molecule is C=CC/C(=C\N=C(Cl)CC)C(=O)N1CCC(N(C)CCN(CCCC)c2nc(N)c(C(=O)NC)nc2Cl)CC1. The summed E-state index contributed by atoms with van der Waals surface area (Å²) in [5.74, 6) is 0.0874. The maximum Gasteiger partial charge on any atom is 0.273 e. The molecule has 2 amide bonds. The minimum absolute atomic E-state index is 0.0166. The Bertz CT molecular complexity index is 1050. The molecule has 216 valence electrons. The molecule has 0 radical (unpaired) electrons. The molecule has 1 saturated heterocycles. The third-order valence-corrected chi connectivity index (χ3v) is 7.39. The van der Waals surface area contributed by atoms with E-state index in [2.05, 4.69) is 50.6 Å². The van der Waals surface area contributed by atoms with Crippen molar-refractivity contribution in [1.82, 2.24) is 25.1 Å². The van der Waals surface area contributed by atoms with Crippen LogP contribution in [0.2, 0.25) is 5.15 Å². The first-order chi connectivity index (χ1) is 18.7. The minimum atomic E-state index is -0.428. The maximum absolute atomic E-state index is 13.1. The molecule has 1 fully saturated rings. The number of aromatic nitrogens is 2. The number of piperidine rings is 1. The van der Waals surface area contributed by atoms with Crippen LogP contribution in [-0.4, -0.2) is 89.6 Å². The number of carbonyl (C=O) groups is 2. The van der Waals surface area contributed by atoms with Crippen LogP contribution in [0.1, 0.15) is 62.9 Å². The van der Waals surface area contributed by atoms with Gasteiger partial charge in [0.2, 0.25) is 0 Å². The quantitative estimate of drug-likeness (QED) is 0.193. The highest BCUT2D eigenvalue weighted by atomic mass is 35.5. The average molecular weight is 582 g/mol. The molecule has 0 aromatic carbocycles. The van der Waals surface area contributed by atoms with Crippen molar-refractivity contribution in [1.29, 1.82) is 0 Å². The van der Waals surface area contributed by atoms with Crippen LogP contribution < -0.4 is 16.0 Å². The van der Waals surface area contributed by atoms with Gasteiger partial charge < -0.3 is 25.8 Å². The van der Waals surface area contributed by atoms with Gasteiger partial charge in [-0.05, 0) is 39.2 Å². The number of nitrogens with one attached hydrogen (secondary N) is 1. The lowest BCUT2D eigenvalue weighted by atomic mass is 10.0. The van der Waals surface area contributed by atoms with E-state index in [-0.39, 0.29) is 22.6 Å². The molecule has 12 heteroatoms. The highest BCUT2D eigenvalue weighted by molar-refractivity contribution is 6.65. The van der Waals surface area contributed by atoms with Crippen LogP contribution in [0.3, 0.4) is 0 Å². The highest BCUT2D eigenvalue weighted by Crippen LogP contribution is 2.25. The van der Waals surface area contributed by atoms with Crippen molar-refractivity contribution in [3.05, 3.63) is 35.3 Å². The molecule has 1 aromatic heterocycles. The van der Waals surface area contributed by atoms with E-state index >= 15 is 0 Å². The largest absolute Gasteiger partial charge is 0.382 e. The Hall–Kier alpha value is -2.69. The smallest absolute Gasteiger partial charge is 0.273 e. The van der Waals surface area contributed by atoms with Crippen molar-refractivity contribution < 1.29 is 9.59 Å². The van der Waals surface area contributed by atoms with Crippen LogP contribution in [0.5, 0.6) is 0 Å². The Balaban J connectivity index is 2.03. The predicted octanol–water partition coefficient (Wildman–Crippen LogP) is 4.11. The third kappa shape index (κ3) is 9.47. The number of rotatable bonds is 14. The number of likely N-dealkylation sites (N-methyl/N-ethyl adjacent to an activating group) is 1. The number of nitrogens with two attached hydrogens (primary N) is 1. The van der Waals surface area contributed by atoms with Crippen LogP contribution in [0.15, 0.2) is 29.4 Å². The zero-order valence-electron chi connectivity index (χ0n) is 23.6. The zero-order chi connectivity index (χ0) is 28.9. The van der Waals surface area contributed by atoms with Gasteiger partial charge in [-0.25, -0.2) is 15.0 Å². The number of hydrogen-bond acceptors (Lipinski definition) is 8. The van der Waals surface area contributed by atoms with E-state index in [0.717, 1.165) is 38.8 Å². The lowest BCUT2D eigenvalue weighted by Gasteiger charge is -2.38. The molecular formula is C27H42Cl2N8O2. The molecule has 2 rings (SSSR count). The number of anilines is 2. The van der Waals surface area contributed by atoms with Crippen LogP contribution in [0, 0.1) is 0 Å². The summed E-state index contributed by atoms with van der Waals surface area (Å²) in [4.78, 5) is 44.2. The second-order valence-corrected chi connectivity index (χ2v) is 10.3. The fraction of sp³-hybridized carbons (Fsp3) is 0.593. The summed E-state index contributed by atoms with van der Waals surface area (Å²) < 4.78 is 0. The number of nitrogen functional groups attached to an aromatic ring is 1. The molecule has 1 aliphatic rings. The Labute approximate surface area is 242 Å². The van der Waals surface area contributed by atoms with Gasteiger partial charge in [0.05, 0.1) is 0 Å². The number of hydrogen-bond donors (Lipinski definition) is 2. The number of halogens is 2. The van der Waals surface area contributed by atoms with E-state index in [1.54, 1.807) is 12.3 Å². The highest BCUT2D eigenvalue weighted by Gasteiger charge is 2.27. The van der Waals surface area contributed by atoms with Gasteiger partial charge in [0.1, 0.15) is 5.17 Å².